The fraction of sp³-hybridized carbons (Fsp3) is 0.267. The summed E-state index contributed by atoms with van der Waals surface area (Å²) in [5.41, 5.74) is 4.06. The van der Waals surface area contributed by atoms with Crippen LogP contribution in [0.25, 0.3) is 11.4 Å². The van der Waals surface area contributed by atoms with Crippen LogP contribution in [0.4, 0.5) is 0 Å². The third-order valence-electron chi connectivity index (χ3n) is 6.89. The molecule has 0 aliphatic carbocycles. The van der Waals surface area contributed by atoms with Crippen molar-refractivity contribution in [2.75, 3.05) is 6.61 Å². The van der Waals surface area contributed by atoms with Crippen LogP contribution in [-0.4, -0.2) is 42.7 Å². The highest BCUT2D eigenvalue weighted by Crippen LogP contribution is 2.41. The van der Waals surface area contributed by atoms with Crippen LogP contribution in [0.1, 0.15) is 53.9 Å². The first-order valence-electron chi connectivity index (χ1n) is 12.8. The molecule has 3 aromatic heterocycles. The van der Waals surface area contributed by atoms with Crippen LogP contribution in [0.15, 0.2) is 72.7 Å². The van der Waals surface area contributed by atoms with Gasteiger partial charge in [0.2, 0.25) is 0 Å². The molecule has 0 spiro atoms. The summed E-state index contributed by atoms with van der Waals surface area (Å²) in [4.78, 5) is 37.1. The van der Waals surface area contributed by atoms with Gasteiger partial charge in [-0.15, -0.1) is 0 Å². The van der Waals surface area contributed by atoms with Crippen molar-refractivity contribution in [3.05, 3.63) is 101 Å². The molecule has 1 unspecified atom stereocenters. The number of aryl methyl sites for hydroxylation is 2. The Morgan fingerprint density at radius 3 is 2.55 bits per heavy atom. The first-order chi connectivity index (χ1) is 18.4. The molecule has 1 aromatic carbocycles. The van der Waals surface area contributed by atoms with Crippen molar-refractivity contribution in [2.24, 2.45) is 0 Å². The maximum Gasteiger partial charge on any atom is 0.295 e. The number of benzene rings is 1. The van der Waals surface area contributed by atoms with E-state index in [1.807, 2.05) is 66.9 Å². The van der Waals surface area contributed by atoms with Crippen LogP contribution in [0.3, 0.4) is 0 Å². The summed E-state index contributed by atoms with van der Waals surface area (Å²) < 4.78 is 7.67. The van der Waals surface area contributed by atoms with Gasteiger partial charge in [-0.05, 0) is 61.2 Å². The van der Waals surface area contributed by atoms with E-state index in [4.69, 9.17) is 4.74 Å². The van der Waals surface area contributed by atoms with Crippen molar-refractivity contribution in [3.63, 3.8) is 0 Å². The lowest BCUT2D eigenvalue weighted by Gasteiger charge is -2.25. The van der Waals surface area contributed by atoms with E-state index in [9.17, 15) is 14.7 Å². The second-order valence-corrected chi connectivity index (χ2v) is 9.49. The number of aliphatic hydroxyl groups is 1. The van der Waals surface area contributed by atoms with Gasteiger partial charge >= 0.3 is 0 Å². The Morgan fingerprint density at radius 1 is 1.08 bits per heavy atom. The number of unbranched alkanes of at least 4 members (excludes halogenated alkanes) is 1. The number of likely N-dealkylation sites (tertiary alicyclic amines) is 1. The summed E-state index contributed by atoms with van der Waals surface area (Å²) in [6.07, 6.45) is 7.15. The van der Waals surface area contributed by atoms with E-state index in [2.05, 4.69) is 16.9 Å². The van der Waals surface area contributed by atoms with Gasteiger partial charge in [0.15, 0.2) is 5.76 Å². The number of aliphatic hydroxyl groups excluding tert-OH is 1. The average Bonchev–Trinajstić information content (AvgIpc) is 3.40. The maximum atomic E-state index is 13.5. The Bertz CT molecular complexity index is 1520. The lowest BCUT2D eigenvalue weighted by molar-refractivity contribution is -0.140. The van der Waals surface area contributed by atoms with Gasteiger partial charge in [0, 0.05) is 25.1 Å². The number of imidazole rings is 1. The Kier molecular flexibility index (Phi) is 6.96. The second kappa shape index (κ2) is 10.5. The number of ketones is 1. The fourth-order valence-corrected chi connectivity index (χ4v) is 4.83. The molecule has 4 aromatic rings. The van der Waals surface area contributed by atoms with E-state index in [-0.39, 0.29) is 23.6 Å². The van der Waals surface area contributed by atoms with E-state index in [0.717, 1.165) is 24.0 Å². The van der Waals surface area contributed by atoms with Crippen molar-refractivity contribution in [3.8, 4) is 5.75 Å². The van der Waals surface area contributed by atoms with Gasteiger partial charge in [-0.2, -0.15) is 0 Å². The molecule has 1 aliphatic heterocycles. The number of aromatic nitrogens is 3. The molecule has 1 amide bonds. The predicted molar refractivity (Wildman–Crippen MR) is 144 cm³/mol. The first-order valence-corrected chi connectivity index (χ1v) is 12.8. The van der Waals surface area contributed by atoms with Gasteiger partial charge in [-0.1, -0.05) is 37.6 Å². The Balaban J connectivity index is 1.62. The lowest BCUT2D eigenvalue weighted by atomic mass is 9.96. The number of rotatable bonds is 8. The van der Waals surface area contributed by atoms with Crippen LogP contribution in [0.2, 0.25) is 0 Å². The number of amides is 1. The molecule has 1 atom stereocenters. The number of Topliss-reactive ketones (excluding diaryl/α,β-unsaturated/α-hetero) is 1. The monoisotopic (exact) mass is 510 g/mol. The highest BCUT2D eigenvalue weighted by atomic mass is 16.5. The van der Waals surface area contributed by atoms with Crippen molar-refractivity contribution < 1.29 is 19.4 Å². The number of hydrogen-bond acceptors (Lipinski definition) is 6. The van der Waals surface area contributed by atoms with Crippen molar-refractivity contribution in [1.82, 2.24) is 19.3 Å². The molecule has 38 heavy (non-hydrogen) atoms. The molecule has 8 heteroatoms. The summed E-state index contributed by atoms with van der Waals surface area (Å²) in [5.74, 6) is -1.00. The number of nitrogens with zero attached hydrogens (tertiary/aromatic N) is 4. The maximum absolute atomic E-state index is 13.5. The molecule has 194 valence electrons. The zero-order valence-corrected chi connectivity index (χ0v) is 21.7. The average molecular weight is 511 g/mol. The molecule has 0 radical (unpaired) electrons. The normalized spacial score (nSPS) is 16.9. The predicted octanol–water partition coefficient (Wildman–Crippen LogP) is 5.15. The van der Waals surface area contributed by atoms with Crippen LogP contribution < -0.4 is 4.74 Å². The number of hydrogen-bond donors (Lipinski definition) is 1. The second-order valence-electron chi connectivity index (χ2n) is 9.49. The Labute approximate surface area is 221 Å². The molecule has 8 nitrogen and oxygen atoms in total. The molecule has 5 rings (SSSR count). The molecule has 4 heterocycles. The molecular formula is C30H30N4O4. The molecular weight excluding hydrogens is 480 g/mol. The number of fused-ring (bicyclic) bond motifs is 1. The standard InChI is InChI=1S/C30H30N4O4/c1-4-5-16-38-23-12-10-22(11-13-23)26-24(28(36)30(37)34(26)18-21-9-6-14-31-17-21)27(35)25-20(3)33-15-7-8-19(2)29(33)32-25/h6-15,17,26,35H,4-5,16,18H2,1-3H3/b27-24+. The van der Waals surface area contributed by atoms with Gasteiger partial charge in [-0.3, -0.25) is 14.6 Å². The van der Waals surface area contributed by atoms with E-state index < -0.39 is 17.7 Å². The summed E-state index contributed by atoms with van der Waals surface area (Å²) in [6, 6.07) is 14.0. The summed E-state index contributed by atoms with van der Waals surface area (Å²) in [5, 5.41) is 11.6. The number of ether oxygens (including phenoxy) is 1. The Morgan fingerprint density at radius 2 is 1.87 bits per heavy atom. The van der Waals surface area contributed by atoms with Gasteiger partial charge in [0.05, 0.1) is 23.9 Å². The van der Waals surface area contributed by atoms with Crippen LogP contribution in [0.5, 0.6) is 5.75 Å². The van der Waals surface area contributed by atoms with E-state index in [0.29, 0.717) is 29.3 Å². The van der Waals surface area contributed by atoms with Gasteiger partial charge < -0.3 is 19.1 Å². The van der Waals surface area contributed by atoms with Gasteiger partial charge in [0.1, 0.15) is 17.1 Å². The summed E-state index contributed by atoms with van der Waals surface area (Å²) in [6.45, 7) is 6.64. The lowest BCUT2D eigenvalue weighted by Crippen LogP contribution is -2.29. The Hall–Kier alpha value is -4.46. The third-order valence-corrected chi connectivity index (χ3v) is 6.89. The molecule has 1 N–H and O–H groups in total. The topological polar surface area (TPSA) is 97.0 Å². The number of carbonyl (C=O) groups excluding carboxylic acids is 2. The minimum atomic E-state index is -0.801. The number of pyridine rings is 2. The fourth-order valence-electron chi connectivity index (χ4n) is 4.83. The smallest absolute Gasteiger partial charge is 0.295 e. The zero-order chi connectivity index (χ0) is 26.8. The largest absolute Gasteiger partial charge is 0.505 e. The molecule has 0 saturated carbocycles. The van der Waals surface area contributed by atoms with E-state index in [1.165, 1.54) is 4.90 Å². The van der Waals surface area contributed by atoms with Crippen LogP contribution in [-0.2, 0) is 16.1 Å². The zero-order valence-electron chi connectivity index (χ0n) is 21.7. The minimum Gasteiger partial charge on any atom is -0.505 e. The summed E-state index contributed by atoms with van der Waals surface area (Å²) >= 11 is 0. The molecule has 1 saturated heterocycles. The highest BCUT2D eigenvalue weighted by molar-refractivity contribution is 6.46. The number of carbonyl (C=O) groups is 2. The molecule has 0 bridgehead atoms. The van der Waals surface area contributed by atoms with Crippen LogP contribution in [0, 0.1) is 13.8 Å². The third kappa shape index (κ3) is 4.53. The molecule has 1 aliphatic rings. The van der Waals surface area contributed by atoms with Gasteiger partial charge in [-0.25, -0.2) is 4.98 Å². The van der Waals surface area contributed by atoms with Crippen molar-refractivity contribution >= 4 is 23.1 Å². The molecule has 1 fully saturated rings. The van der Waals surface area contributed by atoms with E-state index >= 15 is 0 Å². The minimum absolute atomic E-state index is 0.0164. The van der Waals surface area contributed by atoms with Crippen molar-refractivity contribution in [1.29, 1.82) is 0 Å². The van der Waals surface area contributed by atoms with Gasteiger partial charge in [0.25, 0.3) is 11.7 Å². The van der Waals surface area contributed by atoms with Crippen molar-refractivity contribution in [2.45, 2.75) is 46.2 Å². The summed E-state index contributed by atoms with van der Waals surface area (Å²) in [7, 11) is 0. The van der Waals surface area contributed by atoms with E-state index in [1.54, 1.807) is 18.5 Å². The first kappa shape index (κ1) is 25.2. The highest BCUT2D eigenvalue weighted by Gasteiger charge is 2.46. The SMILES string of the molecule is CCCCOc1ccc(C2/C(=C(\O)c3nc4c(C)cccn4c3C)C(=O)C(=O)N2Cc2cccnc2)cc1. The quantitative estimate of drug-likeness (QED) is 0.152. The van der Waals surface area contributed by atoms with Crippen LogP contribution >= 0.6 is 0 Å².